The molecule has 1 aromatic heterocycles. The van der Waals surface area contributed by atoms with Gasteiger partial charge >= 0.3 is 0 Å². The molecule has 0 saturated heterocycles. The number of hydrogen-bond acceptors (Lipinski definition) is 7. The van der Waals surface area contributed by atoms with Crippen LogP contribution in [0.1, 0.15) is 5.56 Å². The van der Waals surface area contributed by atoms with Crippen molar-refractivity contribution in [2.24, 2.45) is 0 Å². The Morgan fingerprint density at radius 3 is 2.85 bits per heavy atom. The second kappa shape index (κ2) is 6.99. The summed E-state index contributed by atoms with van der Waals surface area (Å²) in [5.41, 5.74) is 7.44. The number of hydrogen-bond donors (Lipinski definition) is 2. The molecule has 0 saturated carbocycles. The molecule has 27 heavy (non-hydrogen) atoms. The molecule has 7 nitrogen and oxygen atoms in total. The first-order chi connectivity index (χ1) is 13.1. The van der Waals surface area contributed by atoms with Gasteiger partial charge in [-0.2, -0.15) is 4.98 Å². The third-order valence-electron chi connectivity index (χ3n) is 4.11. The average Bonchev–Trinajstić information content (AvgIpc) is 3.14. The Kier molecular flexibility index (Phi) is 4.37. The molecule has 0 bridgehead atoms. The number of anilines is 2. The minimum Gasteiger partial charge on any atom is -0.494 e. The first-order valence-electron chi connectivity index (χ1n) is 8.24. The highest BCUT2D eigenvalue weighted by atomic mass is 19.1. The van der Waals surface area contributed by atoms with E-state index in [0.29, 0.717) is 23.8 Å². The molecular weight excluding hydrogens is 351 g/mol. The van der Waals surface area contributed by atoms with Crippen LogP contribution in [0.2, 0.25) is 0 Å². The van der Waals surface area contributed by atoms with E-state index in [2.05, 4.69) is 15.3 Å². The van der Waals surface area contributed by atoms with Gasteiger partial charge in [0.1, 0.15) is 5.82 Å². The van der Waals surface area contributed by atoms with Crippen LogP contribution in [0.25, 0.3) is 11.3 Å². The number of rotatable bonds is 5. The van der Waals surface area contributed by atoms with E-state index in [-0.39, 0.29) is 24.1 Å². The monoisotopic (exact) mass is 368 g/mol. The maximum atomic E-state index is 14.5. The van der Waals surface area contributed by atoms with E-state index in [1.807, 2.05) is 18.2 Å². The summed E-state index contributed by atoms with van der Waals surface area (Å²) in [6.45, 7) is 0.706. The molecule has 3 N–H and O–H groups in total. The van der Waals surface area contributed by atoms with Gasteiger partial charge in [0.05, 0.1) is 12.8 Å². The van der Waals surface area contributed by atoms with Crippen LogP contribution in [-0.2, 0) is 6.54 Å². The Balaban J connectivity index is 1.58. The van der Waals surface area contributed by atoms with Crippen molar-refractivity contribution in [3.05, 3.63) is 53.8 Å². The standard InChI is InChI=1S/C19H17FN4O3/c1-25-15-4-2-3-12(18(15)20)13-8-17(24-19(21)23-13)22-9-11-5-6-14-16(7-11)27-10-26-14/h2-8H,9-10H2,1H3,(H3,21,22,23,24). The molecule has 1 aliphatic rings. The summed E-state index contributed by atoms with van der Waals surface area (Å²) in [4.78, 5) is 8.30. The van der Waals surface area contributed by atoms with Gasteiger partial charge < -0.3 is 25.3 Å². The van der Waals surface area contributed by atoms with Crippen LogP contribution < -0.4 is 25.3 Å². The second-order valence-corrected chi connectivity index (χ2v) is 5.86. The highest BCUT2D eigenvalue weighted by Crippen LogP contribution is 2.33. The number of benzene rings is 2. The van der Waals surface area contributed by atoms with Crippen molar-refractivity contribution in [2.45, 2.75) is 6.54 Å². The molecule has 0 amide bonds. The highest BCUT2D eigenvalue weighted by molar-refractivity contribution is 5.66. The lowest BCUT2D eigenvalue weighted by Crippen LogP contribution is -2.06. The fourth-order valence-corrected chi connectivity index (χ4v) is 2.80. The van der Waals surface area contributed by atoms with E-state index in [1.54, 1.807) is 24.3 Å². The minimum absolute atomic E-state index is 0.0444. The van der Waals surface area contributed by atoms with Crippen molar-refractivity contribution in [2.75, 3.05) is 25.0 Å². The predicted octanol–water partition coefficient (Wildman–Crippen LogP) is 3.21. The second-order valence-electron chi connectivity index (χ2n) is 5.86. The van der Waals surface area contributed by atoms with Crippen LogP contribution in [0, 0.1) is 5.82 Å². The maximum Gasteiger partial charge on any atom is 0.231 e. The summed E-state index contributed by atoms with van der Waals surface area (Å²) in [5.74, 6) is 1.59. The number of fused-ring (bicyclic) bond motifs is 1. The van der Waals surface area contributed by atoms with E-state index in [1.165, 1.54) is 7.11 Å². The first kappa shape index (κ1) is 16.9. The largest absolute Gasteiger partial charge is 0.494 e. The number of aromatic nitrogens is 2. The maximum absolute atomic E-state index is 14.5. The fraction of sp³-hybridized carbons (Fsp3) is 0.158. The lowest BCUT2D eigenvalue weighted by Gasteiger charge is -2.11. The number of nitrogens with zero attached hydrogens (tertiary/aromatic N) is 2. The van der Waals surface area contributed by atoms with Gasteiger partial charge in [-0.3, -0.25) is 0 Å². The number of nitrogens with one attached hydrogen (secondary N) is 1. The zero-order valence-electron chi connectivity index (χ0n) is 14.5. The quantitative estimate of drug-likeness (QED) is 0.714. The third-order valence-corrected chi connectivity index (χ3v) is 4.11. The van der Waals surface area contributed by atoms with Gasteiger partial charge in [-0.05, 0) is 29.8 Å². The molecule has 1 aliphatic heterocycles. The van der Waals surface area contributed by atoms with Crippen molar-refractivity contribution >= 4 is 11.8 Å². The van der Waals surface area contributed by atoms with Gasteiger partial charge in [0.15, 0.2) is 23.1 Å². The normalized spacial score (nSPS) is 12.1. The van der Waals surface area contributed by atoms with Crippen LogP contribution in [0.15, 0.2) is 42.5 Å². The molecule has 3 aromatic rings. The summed E-state index contributed by atoms with van der Waals surface area (Å²) in [6, 6.07) is 12.2. The summed E-state index contributed by atoms with van der Waals surface area (Å²) in [5, 5.41) is 3.17. The van der Waals surface area contributed by atoms with Gasteiger partial charge in [0.2, 0.25) is 12.7 Å². The number of nitrogen functional groups attached to an aromatic ring is 1. The molecular formula is C19H17FN4O3. The summed E-state index contributed by atoms with van der Waals surface area (Å²) in [7, 11) is 1.41. The Hall–Kier alpha value is -3.55. The smallest absolute Gasteiger partial charge is 0.231 e. The van der Waals surface area contributed by atoms with Gasteiger partial charge in [-0.15, -0.1) is 0 Å². The van der Waals surface area contributed by atoms with Gasteiger partial charge in [-0.1, -0.05) is 12.1 Å². The van der Waals surface area contributed by atoms with Crippen molar-refractivity contribution in [1.29, 1.82) is 0 Å². The average molecular weight is 368 g/mol. The zero-order valence-corrected chi connectivity index (χ0v) is 14.5. The van der Waals surface area contributed by atoms with Crippen LogP contribution in [0.4, 0.5) is 16.2 Å². The molecule has 0 radical (unpaired) electrons. The van der Waals surface area contributed by atoms with E-state index in [4.69, 9.17) is 19.9 Å². The molecule has 0 spiro atoms. The molecule has 0 fully saturated rings. The van der Waals surface area contributed by atoms with Crippen molar-refractivity contribution in [1.82, 2.24) is 9.97 Å². The van der Waals surface area contributed by atoms with Crippen LogP contribution in [0.3, 0.4) is 0 Å². The predicted molar refractivity (Wildman–Crippen MR) is 98.3 cm³/mol. The first-order valence-corrected chi connectivity index (χ1v) is 8.24. The Bertz CT molecular complexity index is 997. The Labute approximate surface area is 154 Å². The topological polar surface area (TPSA) is 91.5 Å². The number of nitrogens with two attached hydrogens (primary N) is 1. The Morgan fingerprint density at radius 1 is 1.15 bits per heavy atom. The molecule has 2 heterocycles. The van der Waals surface area contributed by atoms with E-state index in [0.717, 1.165) is 11.3 Å². The SMILES string of the molecule is COc1cccc(-c2cc(NCc3ccc4c(c3)OCO4)nc(N)n2)c1F. The van der Waals surface area contributed by atoms with Crippen LogP contribution >= 0.6 is 0 Å². The van der Waals surface area contributed by atoms with Gasteiger partial charge in [0, 0.05) is 18.2 Å². The summed E-state index contributed by atoms with van der Waals surface area (Å²) < 4.78 is 30.2. The molecule has 0 unspecified atom stereocenters. The molecule has 8 heteroatoms. The zero-order chi connectivity index (χ0) is 18.8. The lowest BCUT2D eigenvalue weighted by molar-refractivity contribution is 0.174. The summed E-state index contributed by atoms with van der Waals surface area (Å²) in [6.07, 6.45) is 0. The van der Waals surface area contributed by atoms with Crippen LogP contribution in [-0.4, -0.2) is 23.9 Å². The van der Waals surface area contributed by atoms with Gasteiger partial charge in [-0.25, -0.2) is 9.37 Å². The summed E-state index contributed by atoms with van der Waals surface area (Å²) >= 11 is 0. The van der Waals surface area contributed by atoms with Crippen molar-refractivity contribution in [3.63, 3.8) is 0 Å². The third kappa shape index (κ3) is 3.41. The fourth-order valence-electron chi connectivity index (χ4n) is 2.80. The highest BCUT2D eigenvalue weighted by Gasteiger charge is 2.15. The number of methoxy groups -OCH3 is 1. The van der Waals surface area contributed by atoms with E-state index < -0.39 is 5.82 Å². The molecule has 2 aromatic carbocycles. The Morgan fingerprint density at radius 2 is 2.00 bits per heavy atom. The molecule has 138 valence electrons. The van der Waals surface area contributed by atoms with E-state index >= 15 is 0 Å². The van der Waals surface area contributed by atoms with E-state index in [9.17, 15) is 4.39 Å². The van der Waals surface area contributed by atoms with Crippen LogP contribution in [0.5, 0.6) is 17.2 Å². The minimum atomic E-state index is -0.500. The van der Waals surface area contributed by atoms with Gasteiger partial charge in [0.25, 0.3) is 0 Å². The lowest BCUT2D eigenvalue weighted by atomic mass is 10.1. The van der Waals surface area contributed by atoms with Crippen molar-refractivity contribution in [3.8, 4) is 28.5 Å². The molecule has 0 atom stereocenters. The molecule has 4 rings (SSSR count). The number of ether oxygens (including phenoxy) is 3. The number of halogens is 1. The molecule has 0 aliphatic carbocycles. The van der Waals surface area contributed by atoms with Crippen molar-refractivity contribution < 1.29 is 18.6 Å².